The second kappa shape index (κ2) is 4.46. The van der Waals surface area contributed by atoms with Gasteiger partial charge in [-0.1, -0.05) is 12.1 Å². The van der Waals surface area contributed by atoms with Gasteiger partial charge < -0.3 is 14.7 Å². The molecule has 0 saturated carbocycles. The van der Waals surface area contributed by atoms with Crippen molar-refractivity contribution in [1.29, 1.82) is 0 Å². The summed E-state index contributed by atoms with van der Waals surface area (Å²) in [6.07, 6.45) is 0. The predicted octanol–water partition coefficient (Wildman–Crippen LogP) is 3.10. The smallest absolute Gasteiger partial charge is 0.146 e. The van der Waals surface area contributed by atoms with Crippen LogP contribution < -0.4 is 9.64 Å². The number of phenols is 1. The van der Waals surface area contributed by atoms with Crippen LogP contribution in [0.2, 0.25) is 0 Å². The molecule has 0 aliphatic carbocycles. The zero-order valence-corrected chi connectivity index (χ0v) is 10.5. The number of aromatic hydroxyl groups is 1. The third kappa shape index (κ3) is 1.99. The molecule has 98 valence electrons. The lowest BCUT2D eigenvalue weighted by Crippen LogP contribution is -2.26. The van der Waals surface area contributed by atoms with Crippen molar-refractivity contribution >= 4 is 5.69 Å². The zero-order chi connectivity index (χ0) is 13.4. The number of ether oxygens (including phenoxy) is 1. The molecule has 3 nitrogen and oxygen atoms in total. The van der Waals surface area contributed by atoms with Gasteiger partial charge in [0.1, 0.15) is 23.9 Å². The number of benzene rings is 2. The van der Waals surface area contributed by atoms with Gasteiger partial charge in [0.25, 0.3) is 0 Å². The summed E-state index contributed by atoms with van der Waals surface area (Å²) in [5.41, 5.74) is 1.50. The Bertz CT molecular complexity index is 615. The molecule has 0 aromatic heterocycles. The largest absolute Gasteiger partial charge is 0.508 e. The molecule has 19 heavy (non-hydrogen) atoms. The second-order valence-corrected chi connectivity index (χ2v) is 4.61. The Morgan fingerprint density at radius 1 is 1.26 bits per heavy atom. The van der Waals surface area contributed by atoms with Crippen molar-refractivity contribution < 1.29 is 14.2 Å². The van der Waals surface area contributed by atoms with Gasteiger partial charge in [-0.05, 0) is 24.3 Å². The molecule has 3 rings (SSSR count). The van der Waals surface area contributed by atoms with E-state index in [2.05, 4.69) is 0 Å². The molecule has 0 radical (unpaired) electrons. The highest BCUT2D eigenvalue weighted by atomic mass is 19.1. The SMILES string of the molecule is CN(c1ccccc1F)C1COc2cc(O)ccc21. The van der Waals surface area contributed by atoms with E-state index in [1.54, 1.807) is 24.3 Å². The van der Waals surface area contributed by atoms with E-state index >= 15 is 0 Å². The minimum Gasteiger partial charge on any atom is -0.508 e. The van der Waals surface area contributed by atoms with Gasteiger partial charge in [-0.25, -0.2) is 4.39 Å². The molecule has 1 aliphatic heterocycles. The summed E-state index contributed by atoms with van der Waals surface area (Å²) in [4.78, 5) is 1.86. The van der Waals surface area contributed by atoms with Crippen molar-refractivity contribution in [2.75, 3.05) is 18.6 Å². The Morgan fingerprint density at radius 3 is 2.84 bits per heavy atom. The third-order valence-corrected chi connectivity index (χ3v) is 3.45. The molecular formula is C15H14FNO2. The van der Waals surface area contributed by atoms with Crippen molar-refractivity contribution in [1.82, 2.24) is 0 Å². The standard InChI is InChI=1S/C15H14FNO2/c1-17(13-5-3-2-4-12(13)16)14-9-19-15-8-10(18)6-7-11(14)15/h2-8,14,18H,9H2,1H3. The van der Waals surface area contributed by atoms with E-state index in [-0.39, 0.29) is 17.6 Å². The fourth-order valence-electron chi connectivity index (χ4n) is 2.41. The van der Waals surface area contributed by atoms with Crippen molar-refractivity contribution in [3.8, 4) is 11.5 Å². The van der Waals surface area contributed by atoms with E-state index in [0.717, 1.165) is 5.56 Å². The van der Waals surface area contributed by atoms with Gasteiger partial charge in [-0.15, -0.1) is 0 Å². The van der Waals surface area contributed by atoms with Gasteiger partial charge in [0, 0.05) is 18.7 Å². The number of rotatable bonds is 2. The van der Waals surface area contributed by atoms with Gasteiger partial charge in [-0.2, -0.15) is 0 Å². The van der Waals surface area contributed by atoms with E-state index in [0.29, 0.717) is 18.0 Å². The molecule has 1 N–H and O–H groups in total. The van der Waals surface area contributed by atoms with Crippen molar-refractivity contribution in [2.45, 2.75) is 6.04 Å². The van der Waals surface area contributed by atoms with Crippen molar-refractivity contribution in [3.05, 3.63) is 53.8 Å². The summed E-state index contributed by atoms with van der Waals surface area (Å²) in [7, 11) is 1.84. The Hall–Kier alpha value is -2.23. The maximum absolute atomic E-state index is 13.8. The van der Waals surface area contributed by atoms with Gasteiger partial charge in [0.15, 0.2) is 0 Å². The number of fused-ring (bicyclic) bond motifs is 1. The van der Waals surface area contributed by atoms with E-state index in [9.17, 15) is 9.50 Å². The highest BCUT2D eigenvalue weighted by molar-refractivity contribution is 5.53. The van der Waals surface area contributed by atoms with Crippen LogP contribution in [-0.2, 0) is 0 Å². The third-order valence-electron chi connectivity index (χ3n) is 3.45. The summed E-state index contributed by atoms with van der Waals surface area (Å²) in [5.74, 6) is 0.582. The molecular weight excluding hydrogens is 245 g/mol. The maximum Gasteiger partial charge on any atom is 0.146 e. The van der Waals surface area contributed by atoms with Crippen molar-refractivity contribution in [2.24, 2.45) is 0 Å². The van der Waals surface area contributed by atoms with Crippen LogP contribution in [0.1, 0.15) is 11.6 Å². The second-order valence-electron chi connectivity index (χ2n) is 4.61. The van der Waals surface area contributed by atoms with Crippen LogP contribution in [0.15, 0.2) is 42.5 Å². The number of likely N-dealkylation sites (N-methyl/N-ethyl adjacent to an activating group) is 1. The number of para-hydroxylation sites is 1. The van der Waals surface area contributed by atoms with Crippen LogP contribution in [-0.4, -0.2) is 18.8 Å². The zero-order valence-electron chi connectivity index (χ0n) is 10.5. The van der Waals surface area contributed by atoms with E-state index in [1.165, 1.54) is 6.07 Å². The van der Waals surface area contributed by atoms with Crippen LogP contribution in [0.25, 0.3) is 0 Å². The molecule has 1 heterocycles. The van der Waals surface area contributed by atoms with Crippen LogP contribution in [0, 0.1) is 5.82 Å². The first kappa shape index (κ1) is 11.8. The lowest BCUT2D eigenvalue weighted by Gasteiger charge is -2.26. The Labute approximate surface area is 110 Å². The molecule has 1 aliphatic rings. The molecule has 2 aromatic rings. The molecule has 1 unspecified atom stereocenters. The van der Waals surface area contributed by atoms with Crippen LogP contribution >= 0.6 is 0 Å². The molecule has 0 saturated heterocycles. The molecule has 0 spiro atoms. The maximum atomic E-state index is 13.8. The Morgan fingerprint density at radius 2 is 2.05 bits per heavy atom. The predicted molar refractivity (Wildman–Crippen MR) is 71.1 cm³/mol. The minimum absolute atomic E-state index is 0.0486. The van der Waals surface area contributed by atoms with Crippen molar-refractivity contribution in [3.63, 3.8) is 0 Å². The lowest BCUT2D eigenvalue weighted by atomic mass is 10.1. The number of hydrogen-bond donors (Lipinski definition) is 1. The Balaban J connectivity index is 1.96. The summed E-state index contributed by atoms with van der Waals surface area (Å²) < 4.78 is 19.4. The molecule has 4 heteroatoms. The van der Waals surface area contributed by atoms with E-state index < -0.39 is 0 Å². The molecule has 1 atom stereocenters. The summed E-state index contributed by atoms with van der Waals surface area (Å²) >= 11 is 0. The minimum atomic E-state index is -0.253. The summed E-state index contributed by atoms with van der Waals surface area (Å²) in [6, 6.07) is 11.6. The number of phenolic OH excluding ortho intramolecular Hbond substituents is 1. The fraction of sp³-hybridized carbons (Fsp3) is 0.200. The number of anilines is 1. The monoisotopic (exact) mass is 259 g/mol. The summed E-state index contributed by atoms with van der Waals surface area (Å²) in [6.45, 7) is 0.448. The summed E-state index contributed by atoms with van der Waals surface area (Å²) in [5, 5.41) is 9.43. The van der Waals surface area contributed by atoms with Gasteiger partial charge in [0.05, 0.1) is 11.7 Å². The first-order valence-electron chi connectivity index (χ1n) is 6.10. The number of hydrogen-bond acceptors (Lipinski definition) is 3. The number of nitrogens with zero attached hydrogens (tertiary/aromatic N) is 1. The Kier molecular flexibility index (Phi) is 2.78. The fourth-order valence-corrected chi connectivity index (χ4v) is 2.41. The van der Waals surface area contributed by atoms with Crippen LogP contribution in [0.5, 0.6) is 11.5 Å². The average molecular weight is 259 g/mol. The molecule has 0 bridgehead atoms. The highest BCUT2D eigenvalue weighted by Crippen LogP contribution is 2.39. The van der Waals surface area contributed by atoms with Crippen LogP contribution in [0.3, 0.4) is 0 Å². The van der Waals surface area contributed by atoms with E-state index in [1.807, 2.05) is 24.1 Å². The first-order chi connectivity index (χ1) is 9.16. The van der Waals surface area contributed by atoms with Gasteiger partial charge >= 0.3 is 0 Å². The first-order valence-corrected chi connectivity index (χ1v) is 6.10. The lowest BCUT2D eigenvalue weighted by molar-refractivity contribution is 0.328. The molecule has 0 fully saturated rings. The van der Waals surface area contributed by atoms with Crippen LogP contribution in [0.4, 0.5) is 10.1 Å². The molecule has 2 aromatic carbocycles. The van der Waals surface area contributed by atoms with E-state index in [4.69, 9.17) is 4.74 Å². The average Bonchev–Trinajstić information content (AvgIpc) is 2.81. The van der Waals surface area contributed by atoms with Gasteiger partial charge in [-0.3, -0.25) is 0 Å². The topological polar surface area (TPSA) is 32.7 Å². The quantitative estimate of drug-likeness (QED) is 0.899. The highest BCUT2D eigenvalue weighted by Gasteiger charge is 2.29. The van der Waals surface area contributed by atoms with Gasteiger partial charge in [0.2, 0.25) is 0 Å². The molecule has 0 amide bonds. The normalized spacial score (nSPS) is 16.8. The number of halogens is 1.